The number of aryl methyl sites for hydroxylation is 1. The van der Waals surface area contributed by atoms with Crippen molar-refractivity contribution < 1.29 is 9.90 Å². The second kappa shape index (κ2) is 5.18. The van der Waals surface area contributed by atoms with Crippen molar-refractivity contribution in [3.63, 3.8) is 0 Å². The van der Waals surface area contributed by atoms with Gasteiger partial charge in [0.15, 0.2) is 5.65 Å². The number of halogens is 1. The van der Waals surface area contributed by atoms with Crippen LogP contribution in [0.5, 0.6) is 0 Å². The highest BCUT2D eigenvalue weighted by Gasteiger charge is 2.16. The molecule has 2 heterocycles. The molecular formula is C15H12ClN3O2. The predicted octanol–water partition coefficient (Wildman–Crippen LogP) is 3.14. The number of hydrogen-bond donors (Lipinski definition) is 1. The number of carboxylic acids is 1. The minimum atomic E-state index is -0.945. The van der Waals surface area contributed by atoms with Gasteiger partial charge in [0.05, 0.1) is 5.02 Å². The first-order chi connectivity index (χ1) is 10.0. The molecule has 0 spiro atoms. The summed E-state index contributed by atoms with van der Waals surface area (Å²) in [4.78, 5) is 19.8. The Balaban J connectivity index is 2.24. The van der Waals surface area contributed by atoms with Gasteiger partial charge in [0, 0.05) is 11.8 Å². The molecular weight excluding hydrogens is 290 g/mol. The van der Waals surface area contributed by atoms with Crippen molar-refractivity contribution in [1.82, 2.24) is 14.5 Å². The van der Waals surface area contributed by atoms with Crippen LogP contribution in [0, 0.1) is 6.92 Å². The van der Waals surface area contributed by atoms with E-state index in [9.17, 15) is 4.79 Å². The van der Waals surface area contributed by atoms with Crippen LogP contribution in [-0.2, 0) is 11.3 Å². The number of hydrogen-bond acceptors (Lipinski definition) is 3. The third-order valence-corrected chi connectivity index (χ3v) is 3.36. The Morgan fingerprint density at radius 1 is 1.33 bits per heavy atom. The number of benzene rings is 1. The van der Waals surface area contributed by atoms with Crippen LogP contribution in [0.1, 0.15) is 5.56 Å². The fourth-order valence-electron chi connectivity index (χ4n) is 2.19. The molecule has 0 amide bonds. The first kappa shape index (κ1) is 13.6. The summed E-state index contributed by atoms with van der Waals surface area (Å²) in [5.41, 5.74) is 3.06. The third-order valence-electron chi connectivity index (χ3n) is 3.15. The van der Waals surface area contributed by atoms with E-state index in [1.807, 2.05) is 31.2 Å². The van der Waals surface area contributed by atoms with Crippen LogP contribution in [0.25, 0.3) is 22.6 Å². The van der Waals surface area contributed by atoms with Gasteiger partial charge < -0.3 is 5.11 Å². The molecule has 0 unspecified atom stereocenters. The molecule has 0 aliphatic rings. The number of imidazole rings is 1. The molecule has 0 saturated carbocycles. The Hall–Kier alpha value is -2.40. The first-order valence-corrected chi connectivity index (χ1v) is 6.73. The van der Waals surface area contributed by atoms with E-state index in [0.717, 1.165) is 11.1 Å². The maximum Gasteiger partial charge on any atom is 0.323 e. The standard InChI is InChI=1S/C15H12ClN3O2/c1-9-2-4-10(5-3-9)14-18-12-6-11(16)7-17-15(12)19(14)8-13(20)21/h2-7H,8H2,1H3,(H,20,21). The predicted molar refractivity (Wildman–Crippen MR) is 80.3 cm³/mol. The molecule has 0 saturated heterocycles. The van der Waals surface area contributed by atoms with Crippen molar-refractivity contribution in [2.75, 3.05) is 0 Å². The van der Waals surface area contributed by atoms with Crippen molar-refractivity contribution >= 4 is 28.7 Å². The van der Waals surface area contributed by atoms with E-state index < -0.39 is 5.97 Å². The minimum absolute atomic E-state index is 0.200. The van der Waals surface area contributed by atoms with Crippen LogP contribution in [-0.4, -0.2) is 25.6 Å². The van der Waals surface area contributed by atoms with Gasteiger partial charge in [-0.3, -0.25) is 9.36 Å². The number of pyridine rings is 1. The van der Waals surface area contributed by atoms with Gasteiger partial charge in [0.1, 0.15) is 17.9 Å². The van der Waals surface area contributed by atoms with E-state index in [0.29, 0.717) is 22.0 Å². The highest BCUT2D eigenvalue weighted by Crippen LogP contribution is 2.25. The number of carboxylic acid groups (broad SMARTS) is 1. The molecule has 6 heteroatoms. The van der Waals surface area contributed by atoms with Gasteiger partial charge in [0.25, 0.3) is 0 Å². The fourth-order valence-corrected chi connectivity index (χ4v) is 2.35. The van der Waals surface area contributed by atoms with Gasteiger partial charge in [-0.25, -0.2) is 9.97 Å². The molecule has 0 atom stereocenters. The van der Waals surface area contributed by atoms with Crippen LogP contribution in [0.15, 0.2) is 36.5 Å². The van der Waals surface area contributed by atoms with Gasteiger partial charge in [-0.15, -0.1) is 0 Å². The summed E-state index contributed by atoms with van der Waals surface area (Å²) in [7, 11) is 0. The van der Waals surface area contributed by atoms with Crippen LogP contribution in [0.3, 0.4) is 0 Å². The Morgan fingerprint density at radius 2 is 2.05 bits per heavy atom. The van der Waals surface area contributed by atoms with Crippen LogP contribution >= 0.6 is 11.6 Å². The topological polar surface area (TPSA) is 68.0 Å². The number of nitrogens with zero attached hydrogens (tertiary/aromatic N) is 3. The van der Waals surface area contributed by atoms with Crippen molar-refractivity contribution in [2.45, 2.75) is 13.5 Å². The first-order valence-electron chi connectivity index (χ1n) is 6.35. The smallest absolute Gasteiger partial charge is 0.323 e. The highest BCUT2D eigenvalue weighted by molar-refractivity contribution is 6.31. The molecule has 0 aliphatic heterocycles. The number of aliphatic carboxylic acids is 1. The van der Waals surface area contributed by atoms with Crippen LogP contribution < -0.4 is 0 Å². The molecule has 5 nitrogen and oxygen atoms in total. The van der Waals surface area contributed by atoms with Crippen molar-refractivity contribution in [3.8, 4) is 11.4 Å². The Morgan fingerprint density at radius 3 is 2.71 bits per heavy atom. The average Bonchev–Trinajstić information content (AvgIpc) is 2.77. The van der Waals surface area contributed by atoms with Gasteiger partial charge >= 0.3 is 5.97 Å². The zero-order valence-corrected chi connectivity index (χ0v) is 12.0. The highest BCUT2D eigenvalue weighted by atomic mass is 35.5. The number of carbonyl (C=O) groups is 1. The number of rotatable bonds is 3. The molecule has 0 bridgehead atoms. The molecule has 21 heavy (non-hydrogen) atoms. The number of fused-ring (bicyclic) bond motifs is 1. The molecule has 0 fully saturated rings. The summed E-state index contributed by atoms with van der Waals surface area (Å²) in [6.07, 6.45) is 1.49. The van der Waals surface area contributed by atoms with Crippen LogP contribution in [0.2, 0.25) is 5.02 Å². The zero-order chi connectivity index (χ0) is 15.0. The van der Waals surface area contributed by atoms with Crippen molar-refractivity contribution in [3.05, 3.63) is 47.1 Å². The zero-order valence-electron chi connectivity index (χ0n) is 11.2. The fraction of sp³-hybridized carbons (Fsp3) is 0.133. The van der Waals surface area contributed by atoms with E-state index >= 15 is 0 Å². The van der Waals surface area contributed by atoms with Gasteiger partial charge in [-0.05, 0) is 13.0 Å². The maximum atomic E-state index is 11.1. The second-order valence-electron chi connectivity index (χ2n) is 4.78. The number of aromatic nitrogens is 3. The Bertz CT molecular complexity index is 825. The summed E-state index contributed by atoms with van der Waals surface area (Å²) >= 11 is 5.92. The van der Waals surface area contributed by atoms with E-state index in [1.54, 1.807) is 10.6 Å². The van der Waals surface area contributed by atoms with Crippen molar-refractivity contribution in [1.29, 1.82) is 0 Å². The summed E-state index contributed by atoms with van der Waals surface area (Å²) < 4.78 is 1.58. The third kappa shape index (κ3) is 2.60. The molecule has 3 aromatic rings. The maximum absolute atomic E-state index is 11.1. The van der Waals surface area contributed by atoms with Crippen LogP contribution in [0.4, 0.5) is 0 Å². The molecule has 3 rings (SSSR count). The summed E-state index contributed by atoms with van der Waals surface area (Å²) in [6, 6.07) is 9.42. The lowest BCUT2D eigenvalue weighted by Gasteiger charge is -2.06. The molecule has 1 N–H and O–H groups in total. The van der Waals surface area contributed by atoms with E-state index in [1.165, 1.54) is 6.20 Å². The average molecular weight is 302 g/mol. The monoisotopic (exact) mass is 301 g/mol. The molecule has 0 aliphatic carbocycles. The lowest BCUT2D eigenvalue weighted by molar-refractivity contribution is -0.137. The molecule has 106 valence electrons. The minimum Gasteiger partial charge on any atom is -0.480 e. The summed E-state index contributed by atoms with van der Waals surface area (Å²) in [6.45, 7) is 1.79. The quantitative estimate of drug-likeness (QED) is 0.807. The normalized spacial score (nSPS) is 11.0. The van der Waals surface area contributed by atoms with Crippen molar-refractivity contribution in [2.24, 2.45) is 0 Å². The summed E-state index contributed by atoms with van der Waals surface area (Å²) in [5, 5.41) is 9.58. The largest absolute Gasteiger partial charge is 0.480 e. The van der Waals surface area contributed by atoms with Gasteiger partial charge in [-0.1, -0.05) is 41.4 Å². The Kier molecular flexibility index (Phi) is 3.35. The summed E-state index contributed by atoms with van der Waals surface area (Å²) in [5.74, 6) is -0.374. The molecule has 0 radical (unpaired) electrons. The van der Waals surface area contributed by atoms with E-state index in [-0.39, 0.29) is 6.54 Å². The van der Waals surface area contributed by atoms with Gasteiger partial charge in [-0.2, -0.15) is 0 Å². The lowest BCUT2D eigenvalue weighted by atomic mass is 10.1. The molecule has 2 aromatic heterocycles. The van der Waals surface area contributed by atoms with E-state index in [4.69, 9.17) is 16.7 Å². The molecule has 1 aromatic carbocycles. The second-order valence-corrected chi connectivity index (χ2v) is 5.21. The van der Waals surface area contributed by atoms with Gasteiger partial charge in [0.2, 0.25) is 0 Å². The lowest BCUT2D eigenvalue weighted by Crippen LogP contribution is -2.10. The Labute approximate surface area is 125 Å². The van der Waals surface area contributed by atoms with E-state index in [2.05, 4.69) is 9.97 Å². The SMILES string of the molecule is Cc1ccc(-c2nc3cc(Cl)cnc3n2CC(=O)O)cc1.